The predicted octanol–water partition coefficient (Wildman–Crippen LogP) is 1.14. The van der Waals surface area contributed by atoms with Gasteiger partial charge in [-0.25, -0.2) is 0 Å². The van der Waals surface area contributed by atoms with Crippen LogP contribution in [0.4, 0.5) is 5.69 Å². The molecule has 0 radical (unpaired) electrons. The second-order valence-electron chi connectivity index (χ2n) is 3.53. The third-order valence-electron chi connectivity index (χ3n) is 2.50. The molecule has 14 heavy (non-hydrogen) atoms. The first-order chi connectivity index (χ1) is 6.77. The normalized spacial score (nSPS) is 13.9. The van der Waals surface area contributed by atoms with E-state index in [2.05, 4.69) is 28.4 Å². The van der Waals surface area contributed by atoms with Crippen molar-refractivity contribution in [3.63, 3.8) is 0 Å². The lowest BCUT2D eigenvalue weighted by atomic mass is 10.2. The Morgan fingerprint density at radius 2 is 2.29 bits per heavy atom. The molecule has 0 spiro atoms. The molecule has 1 amide bonds. The summed E-state index contributed by atoms with van der Waals surface area (Å²) in [6.07, 6.45) is 1.08. The Labute approximate surface area is 83.7 Å². The van der Waals surface area contributed by atoms with Crippen molar-refractivity contribution in [1.29, 1.82) is 0 Å². The minimum Gasteiger partial charge on any atom is -0.353 e. The number of anilines is 1. The van der Waals surface area contributed by atoms with Crippen molar-refractivity contribution in [3.05, 3.63) is 29.8 Å². The number of para-hydroxylation sites is 1. The van der Waals surface area contributed by atoms with Crippen LogP contribution in [-0.2, 0) is 11.2 Å². The Bertz CT molecular complexity index is 349. The van der Waals surface area contributed by atoms with Crippen LogP contribution in [0.1, 0.15) is 12.5 Å². The second-order valence-corrected chi connectivity index (χ2v) is 3.53. The molecule has 0 bridgehead atoms. The van der Waals surface area contributed by atoms with Crippen molar-refractivity contribution in [2.24, 2.45) is 0 Å². The first kappa shape index (κ1) is 9.06. The summed E-state index contributed by atoms with van der Waals surface area (Å²) in [7, 11) is 0. The molecule has 1 aliphatic rings. The number of hydrogen-bond acceptors (Lipinski definition) is 2. The summed E-state index contributed by atoms with van der Waals surface area (Å²) in [5.74, 6) is 0.0226. The molecule has 0 saturated carbocycles. The largest absolute Gasteiger partial charge is 0.353 e. The van der Waals surface area contributed by atoms with Gasteiger partial charge in [-0.2, -0.15) is 0 Å². The highest BCUT2D eigenvalue weighted by Crippen LogP contribution is 2.26. The van der Waals surface area contributed by atoms with Crippen molar-refractivity contribution in [2.75, 3.05) is 18.1 Å². The van der Waals surface area contributed by atoms with Gasteiger partial charge in [-0.05, 0) is 18.1 Å². The Morgan fingerprint density at radius 3 is 3.07 bits per heavy atom. The van der Waals surface area contributed by atoms with Crippen LogP contribution in [0, 0.1) is 0 Å². The van der Waals surface area contributed by atoms with Crippen LogP contribution in [0.5, 0.6) is 0 Å². The van der Waals surface area contributed by atoms with Gasteiger partial charge in [-0.15, -0.1) is 0 Å². The third-order valence-corrected chi connectivity index (χ3v) is 2.50. The zero-order valence-corrected chi connectivity index (χ0v) is 8.29. The van der Waals surface area contributed by atoms with Crippen LogP contribution in [0.3, 0.4) is 0 Å². The summed E-state index contributed by atoms with van der Waals surface area (Å²) >= 11 is 0. The molecule has 74 valence electrons. The number of hydrogen-bond donors (Lipinski definition) is 1. The van der Waals surface area contributed by atoms with E-state index in [-0.39, 0.29) is 5.91 Å². The van der Waals surface area contributed by atoms with Crippen LogP contribution in [0.2, 0.25) is 0 Å². The molecule has 2 rings (SSSR count). The highest BCUT2D eigenvalue weighted by Gasteiger charge is 2.17. The van der Waals surface area contributed by atoms with Crippen molar-refractivity contribution < 1.29 is 4.79 Å². The summed E-state index contributed by atoms with van der Waals surface area (Å²) in [4.78, 5) is 13.0. The number of fused-ring (bicyclic) bond motifs is 1. The molecule has 3 nitrogen and oxygen atoms in total. The van der Waals surface area contributed by atoms with Crippen molar-refractivity contribution in [1.82, 2.24) is 5.32 Å². The smallest absolute Gasteiger partial charge is 0.218 e. The lowest BCUT2D eigenvalue weighted by molar-refractivity contribution is -0.118. The molecule has 0 aromatic heterocycles. The molecular formula is C11H14N2O. The second kappa shape index (κ2) is 3.70. The van der Waals surface area contributed by atoms with Gasteiger partial charge < -0.3 is 10.2 Å². The molecule has 1 N–H and O–H groups in total. The lowest BCUT2D eigenvalue weighted by Crippen LogP contribution is -2.35. The van der Waals surface area contributed by atoms with E-state index in [9.17, 15) is 4.79 Å². The summed E-state index contributed by atoms with van der Waals surface area (Å²) in [6, 6.07) is 8.33. The van der Waals surface area contributed by atoms with Crippen LogP contribution in [0.15, 0.2) is 24.3 Å². The Morgan fingerprint density at radius 1 is 1.50 bits per heavy atom. The van der Waals surface area contributed by atoms with E-state index >= 15 is 0 Å². The summed E-state index contributed by atoms with van der Waals surface area (Å²) < 4.78 is 0. The van der Waals surface area contributed by atoms with Gasteiger partial charge in [0, 0.05) is 19.2 Å². The fourth-order valence-electron chi connectivity index (χ4n) is 1.78. The van der Waals surface area contributed by atoms with Crippen molar-refractivity contribution >= 4 is 11.6 Å². The minimum atomic E-state index is 0.0226. The lowest BCUT2D eigenvalue weighted by Gasteiger charge is -2.19. The van der Waals surface area contributed by atoms with Gasteiger partial charge in [0.15, 0.2) is 0 Å². The highest BCUT2D eigenvalue weighted by molar-refractivity contribution is 5.73. The van der Waals surface area contributed by atoms with Gasteiger partial charge >= 0.3 is 0 Å². The summed E-state index contributed by atoms with van der Waals surface area (Å²) in [6.45, 7) is 3.16. The van der Waals surface area contributed by atoms with Gasteiger partial charge in [0.1, 0.15) is 0 Å². The van der Waals surface area contributed by atoms with Crippen LogP contribution in [0.25, 0.3) is 0 Å². The standard InChI is InChI=1S/C11H14N2O/c1-9(14)12-8-13-7-6-10-4-2-3-5-11(10)13/h2-5H,6-8H2,1H3,(H,12,14). The van der Waals surface area contributed by atoms with E-state index in [1.165, 1.54) is 11.3 Å². The molecule has 1 aliphatic heterocycles. The van der Waals surface area contributed by atoms with E-state index in [0.717, 1.165) is 13.0 Å². The topological polar surface area (TPSA) is 32.3 Å². The molecule has 0 aliphatic carbocycles. The van der Waals surface area contributed by atoms with Gasteiger partial charge in [-0.1, -0.05) is 18.2 Å². The third kappa shape index (κ3) is 1.71. The number of nitrogens with one attached hydrogen (secondary N) is 1. The predicted molar refractivity (Wildman–Crippen MR) is 56.2 cm³/mol. The highest BCUT2D eigenvalue weighted by atomic mass is 16.1. The number of benzene rings is 1. The molecule has 0 saturated heterocycles. The van der Waals surface area contributed by atoms with Crippen molar-refractivity contribution in [3.8, 4) is 0 Å². The fourth-order valence-corrected chi connectivity index (χ4v) is 1.78. The van der Waals surface area contributed by atoms with Gasteiger partial charge in [0.2, 0.25) is 5.91 Å². The Hall–Kier alpha value is -1.51. The maximum Gasteiger partial charge on any atom is 0.218 e. The number of amides is 1. The number of nitrogens with zero attached hydrogens (tertiary/aromatic N) is 1. The maximum atomic E-state index is 10.8. The molecule has 1 heterocycles. The van der Waals surface area contributed by atoms with E-state index < -0.39 is 0 Å². The first-order valence-electron chi connectivity index (χ1n) is 4.84. The molecule has 0 fully saturated rings. The molecule has 1 aromatic rings. The molecule has 1 aromatic carbocycles. The summed E-state index contributed by atoms with van der Waals surface area (Å²) in [5.41, 5.74) is 2.62. The SMILES string of the molecule is CC(=O)NCN1CCc2ccccc21. The van der Waals surface area contributed by atoms with E-state index in [1.54, 1.807) is 6.92 Å². The molecule has 0 atom stereocenters. The first-order valence-corrected chi connectivity index (χ1v) is 4.84. The Balaban J connectivity index is 2.07. The van der Waals surface area contributed by atoms with E-state index in [4.69, 9.17) is 0 Å². The monoisotopic (exact) mass is 190 g/mol. The molecule has 0 unspecified atom stereocenters. The van der Waals surface area contributed by atoms with E-state index in [0.29, 0.717) is 6.67 Å². The average Bonchev–Trinajstić information content (AvgIpc) is 2.58. The minimum absolute atomic E-state index is 0.0226. The number of carbonyl (C=O) groups is 1. The zero-order chi connectivity index (χ0) is 9.97. The maximum absolute atomic E-state index is 10.8. The number of rotatable bonds is 2. The molecular weight excluding hydrogens is 176 g/mol. The van der Waals surface area contributed by atoms with Gasteiger partial charge in [-0.3, -0.25) is 4.79 Å². The quantitative estimate of drug-likeness (QED) is 0.758. The zero-order valence-electron chi connectivity index (χ0n) is 8.29. The Kier molecular flexibility index (Phi) is 2.39. The van der Waals surface area contributed by atoms with Crippen LogP contribution < -0.4 is 10.2 Å². The average molecular weight is 190 g/mol. The van der Waals surface area contributed by atoms with Crippen LogP contribution >= 0.6 is 0 Å². The summed E-state index contributed by atoms with van der Waals surface area (Å²) in [5, 5.41) is 2.82. The van der Waals surface area contributed by atoms with Gasteiger partial charge in [0.05, 0.1) is 6.67 Å². The molecule has 3 heteroatoms. The van der Waals surface area contributed by atoms with Crippen LogP contribution in [-0.4, -0.2) is 19.1 Å². The van der Waals surface area contributed by atoms with Crippen molar-refractivity contribution in [2.45, 2.75) is 13.3 Å². The van der Waals surface area contributed by atoms with Gasteiger partial charge in [0.25, 0.3) is 0 Å². The number of carbonyl (C=O) groups excluding carboxylic acids is 1. The van der Waals surface area contributed by atoms with E-state index in [1.807, 2.05) is 6.07 Å². The fraction of sp³-hybridized carbons (Fsp3) is 0.364.